The molecule has 0 aromatic heterocycles. The molecule has 0 aliphatic heterocycles. The van der Waals surface area contributed by atoms with Gasteiger partial charge >= 0.3 is 0 Å². The fourth-order valence-electron chi connectivity index (χ4n) is 2.04. The molecule has 0 saturated heterocycles. The molecule has 0 unspecified atom stereocenters. The van der Waals surface area contributed by atoms with Crippen LogP contribution in [0.2, 0.25) is 0 Å². The number of carbonyl (C=O) groups excluding carboxylic acids is 1. The molecule has 0 radical (unpaired) electrons. The average molecular weight is 327 g/mol. The molecule has 1 aromatic carbocycles. The second-order valence-corrected chi connectivity index (χ2v) is 5.74. The van der Waals surface area contributed by atoms with Crippen LogP contribution in [0.3, 0.4) is 0 Å². The number of hydrogen-bond acceptors (Lipinski definition) is 2. The molecule has 0 spiro atoms. The highest BCUT2D eigenvalue weighted by atomic mass is 79.9. The van der Waals surface area contributed by atoms with Crippen molar-refractivity contribution in [3.8, 4) is 0 Å². The van der Waals surface area contributed by atoms with Crippen LogP contribution in [0.15, 0.2) is 28.7 Å². The molecule has 96 valence electrons. The lowest BCUT2D eigenvalue weighted by molar-refractivity contribution is -0.110. The van der Waals surface area contributed by atoms with Crippen molar-refractivity contribution in [2.45, 2.75) is 31.7 Å². The summed E-state index contributed by atoms with van der Waals surface area (Å²) < 4.78 is 0.979. The Kier molecular flexibility index (Phi) is 4.72. The molecule has 2 N–H and O–H groups in total. The van der Waals surface area contributed by atoms with E-state index < -0.39 is 0 Å². The molecule has 1 saturated carbocycles. The molecule has 0 bridgehead atoms. The highest BCUT2D eigenvalue weighted by molar-refractivity contribution is 9.10. The summed E-state index contributed by atoms with van der Waals surface area (Å²) in [5.74, 6) is -0.237. The third kappa shape index (κ3) is 3.78. The van der Waals surface area contributed by atoms with Gasteiger partial charge in [-0.3, -0.25) is 4.79 Å². The molecule has 5 heteroatoms. The molecule has 2 rings (SSSR count). The van der Waals surface area contributed by atoms with E-state index in [1.807, 2.05) is 24.3 Å². The van der Waals surface area contributed by atoms with Gasteiger partial charge in [0.1, 0.15) is 0 Å². The van der Waals surface area contributed by atoms with E-state index in [4.69, 9.17) is 12.2 Å². The van der Waals surface area contributed by atoms with Gasteiger partial charge in [0.25, 0.3) is 5.91 Å². The Morgan fingerprint density at radius 3 is 2.44 bits per heavy atom. The molecule has 18 heavy (non-hydrogen) atoms. The van der Waals surface area contributed by atoms with E-state index >= 15 is 0 Å². The van der Waals surface area contributed by atoms with E-state index in [-0.39, 0.29) is 10.9 Å². The monoisotopic (exact) mass is 326 g/mol. The molecule has 3 nitrogen and oxygen atoms in total. The van der Waals surface area contributed by atoms with E-state index in [1.54, 1.807) is 0 Å². The normalized spacial score (nSPS) is 15.4. The van der Waals surface area contributed by atoms with Crippen LogP contribution in [0.4, 0.5) is 5.69 Å². The zero-order valence-electron chi connectivity index (χ0n) is 9.91. The number of benzene rings is 1. The van der Waals surface area contributed by atoms with Crippen LogP contribution in [0, 0.1) is 0 Å². The molecule has 1 aliphatic carbocycles. The summed E-state index contributed by atoms with van der Waals surface area (Å²) in [5.41, 5.74) is 0.749. The van der Waals surface area contributed by atoms with E-state index in [1.165, 1.54) is 12.8 Å². The fourth-order valence-corrected chi connectivity index (χ4v) is 2.52. The summed E-state index contributed by atoms with van der Waals surface area (Å²) in [4.78, 5) is 12.1. The first-order valence-corrected chi connectivity index (χ1v) is 7.23. The first-order chi connectivity index (χ1) is 8.65. The molecular weight excluding hydrogens is 312 g/mol. The lowest BCUT2D eigenvalue weighted by Crippen LogP contribution is -2.39. The van der Waals surface area contributed by atoms with Crippen LogP contribution in [0.25, 0.3) is 0 Å². The predicted molar refractivity (Wildman–Crippen MR) is 80.8 cm³/mol. The number of nitrogens with one attached hydrogen (secondary N) is 2. The first kappa shape index (κ1) is 13.5. The minimum absolute atomic E-state index is 0.237. The Hall–Kier alpha value is -0.940. The molecule has 0 heterocycles. The van der Waals surface area contributed by atoms with Crippen molar-refractivity contribution in [3.63, 3.8) is 0 Å². The molecule has 0 atom stereocenters. The van der Waals surface area contributed by atoms with Crippen molar-refractivity contribution in [1.29, 1.82) is 0 Å². The van der Waals surface area contributed by atoms with Crippen molar-refractivity contribution in [3.05, 3.63) is 28.7 Å². The van der Waals surface area contributed by atoms with Crippen LogP contribution in [0.5, 0.6) is 0 Å². The number of halogens is 1. The molecular formula is C13H15BrN2OS. The summed E-state index contributed by atoms with van der Waals surface area (Å²) in [6.07, 6.45) is 4.64. The Labute approximate surface area is 120 Å². The van der Waals surface area contributed by atoms with Gasteiger partial charge in [0.15, 0.2) is 4.99 Å². The van der Waals surface area contributed by atoms with Crippen LogP contribution < -0.4 is 10.6 Å². The Balaban J connectivity index is 1.86. The summed E-state index contributed by atoms with van der Waals surface area (Å²) in [6, 6.07) is 7.79. The number of amides is 1. The minimum Gasteiger partial charge on any atom is -0.369 e. The van der Waals surface area contributed by atoms with Crippen molar-refractivity contribution in [1.82, 2.24) is 5.32 Å². The van der Waals surface area contributed by atoms with Gasteiger partial charge in [0.2, 0.25) is 0 Å². The van der Waals surface area contributed by atoms with Crippen LogP contribution in [-0.2, 0) is 4.79 Å². The van der Waals surface area contributed by atoms with E-state index in [0.717, 1.165) is 23.0 Å². The maximum absolute atomic E-state index is 11.9. The zero-order chi connectivity index (χ0) is 13.0. The summed E-state index contributed by atoms with van der Waals surface area (Å²) in [5, 5.41) is 5.90. The van der Waals surface area contributed by atoms with Gasteiger partial charge in [-0.2, -0.15) is 0 Å². The summed E-state index contributed by atoms with van der Waals surface area (Å²) in [7, 11) is 0. The summed E-state index contributed by atoms with van der Waals surface area (Å²) in [6.45, 7) is 0. The second kappa shape index (κ2) is 6.29. The van der Waals surface area contributed by atoms with Crippen LogP contribution >= 0.6 is 28.1 Å². The summed E-state index contributed by atoms with van der Waals surface area (Å²) >= 11 is 8.45. The molecule has 1 aromatic rings. The fraction of sp³-hybridized carbons (Fsp3) is 0.385. The molecule has 1 fully saturated rings. The van der Waals surface area contributed by atoms with E-state index in [9.17, 15) is 4.79 Å². The molecule has 1 amide bonds. The Morgan fingerprint density at radius 1 is 1.22 bits per heavy atom. The quantitative estimate of drug-likeness (QED) is 0.820. The highest BCUT2D eigenvalue weighted by Gasteiger charge is 2.18. The number of rotatable bonds is 2. The van der Waals surface area contributed by atoms with Gasteiger partial charge in [-0.25, -0.2) is 0 Å². The standard InChI is InChI=1S/C13H15BrN2OS/c14-9-5-7-11(8-6-9)15-12(17)13(18)16-10-3-1-2-4-10/h5-8,10H,1-4H2,(H,15,17)(H,16,18). The van der Waals surface area contributed by atoms with Gasteiger partial charge in [-0.05, 0) is 37.1 Å². The number of anilines is 1. The van der Waals surface area contributed by atoms with Crippen LogP contribution in [0.1, 0.15) is 25.7 Å². The Morgan fingerprint density at radius 2 is 1.83 bits per heavy atom. The number of thiocarbonyl (C=S) groups is 1. The number of hydrogen-bond donors (Lipinski definition) is 2. The maximum atomic E-state index is 11.9. The van der Waals surface area contributed by atoms with Gasteiger partial charge in [-0.15, -0.1) is 0 Å². The topological polar surface area (TPSA) is 41.1 Å². The van der Waals surface area contributed by atoms with Crippen LogP contribution in [-0.4, -0.2) is 16.9 Å². The molecule has 1 aliphatic rings. The van der Waals surface area contributed by atoms with Crippen molar-refractivity contribution in [2.24, 2.45) is 0 Å². The Bertz CT molecular complexity index is 441. The lowest BCUT2D eigenvalue weighted by Gasteiger charge is -2.14. The predicted octanol–water partition coefficient (Wildman–Crippen LogP) is 3.25. The van der Waals surface area contributed by atoms with Crippen molar-refractivity contribution >= 4 is 44.7 Å². The van der Waals surface area contributed by atoms with Gasteiger partial charge in [0.05, 0.1) is 0 Å². The SMILES string of the molecule is O=C(Nc1ccc(Br)cc1)C(=S)NC1CCCC1. The third-order valence-corrected chi connectivity index (χ3v) is 3.83. The maximum Gasteiger partial charge on any atom is 0.283 e. The second-order valence-electron chi connectivity index (χ2n) is 4.42. The van der Waals surface area contributed by atoms with Crippen molar-refractivity contribution < 1.29 is 4.79 Å². The largest absolute Gasteiger partial charge is 0.369 e. The van der Waals surface area contributed by atoms with Gasteiger partial charge in [-0.1, -0.05) is 41.0 Å². The van der Waals surface area contributed by atoms with Gasteiger partial charge in [0, 0.05) is 16.2 Å². The van der Waals surface area contributed by atoms with Crippen molar-refractivity contribution in [2.75, 3.05) is 5.32 Å². The third-order valence-electron chi connectivity index (χ3n) is 3.00. The smallest absolute Gasteiger partial charge is 0.283 e. The first-order valence-electron chi connectivity index (χ1n) is 6.02. The lowest BCUT2D eigenvalue weighted by atomic mass is 10.2. The van der Waals surface area contributed by atoms with E-state index in [2.05, 4.69) is 26.6 Å². The van der Waals surface area contributed by atoms with E-state index in [0.29, 0.717) is 6.04 Å². The number of carbonyl (C=O) groups is 1. The van der Waals surface area contributed by atoms with Gasteiger partial charge < -0.3 is 10.6 Å². The zero-order valence-corrected chi connectivity index (χ0v) is 12.3. The minimum atomic E-state index is -0.237. The highest BCUT2D eigenvalue weighted by Crippen LogP contribution is 2.18. The average Bonchev–Trinajstić information content (AvgIpc) is 2.85.